The van der Waals surface area contributed by atoms with Gasteiger partial charge in [0.1, 0.15) is 29.3 Å². The van der Waals surface area contributed by atoms with Gasteiger partial charge >= 0.3 is 30.1 Å². The SMILES string of the molecule is C[C@H](N)C(=O)OCC(C)(C)C.C[C@H](NP(=O)(Cl)Oc1cccc2ccccc12)C(=O)OCC(C)(C)C.Cl.O=P(Cl)(Cl)Cl.O=P(Cl)(Cl)Oc1cccc2ccccc12.Oc1cccc2ccccc12. The summed E-state index contributed by atoms with van der Waals surface area (Å²) in [6, 6.07) is 37.8. The highest BCUT2D eigenvalue weighted by Crippen LogP contribution is 2.61. The normalized spacial score (nSPS) is 13.0. The lowest BCUT2D eigenvalue weighted by Crippen LogP contribution is -2.34. The maximum atomic E-state index is 12.6. The van der Waals surface area contributed by atoms with E-state index in [1.54, 1.807) is 37.3 Å². The fraction of sp³-hybridized carbons (Fsp3) is 0.304. The molecule has 22 heteroatoms. The topological polar surface area (TPSA) is 181 Å². The zero-order valence-corrected chi connectivity index (χ0v) is 46.4. The van der Waals surface area contributed by atoms with Crippen LogP contribution in [0, 0.1) is 10.8 Å². The van der Waals surface area contributed by atoms with Crippen molar-refractivity contribution in [3.63, 3.8) is 0 Å². The molecule has 6 aromatic carbocycles. The Morgan fingerprint density at radius 1 is 0.574 bits per heavy atom. The molecule has 0 aromatic heterocycles. The minimum atomic E-state index is -3.77. The highest BCUT2D eigenvalue weighted by atomic mass is 36.0. The lowest BCUT2D eigenvalue weighted by atomic mass is 9.99. The molecule has 6 rings (SSSR count). The molecule has 374 valence electrons. The predicted octanol–water partition coefficient (Wildman–Crippen LogP) is 16.6. The first-order valence-electron chi connectivity index (χ1n) is 20.2. The maximum absolute atomic E-state index is 12.6. The summed E-state index contributed by atoms with van der Waals surface area (Å²) < 4.78 is 53.8. The van der Waals surface area contributed by atoms with Crippen molar-refractivity contribution in [3.8, 4) is 17.2 Å². The van der Waals surface area contributed by atoms with Crippen LogP contribution in [-0.4, -0.2) is 42.3 Å². The number of rotatable bonds is 10. The summed E-state index contributed by atoms with van der Waals surface area (Å²) in [5, 5.41) is 14.2. The zero-order chi connectivity index (χ0) is 50.8. The van der Waals surface area contributed by atoms with Crippen molar-refractivity contribution in [2.45, 2.75) is 67.5 Å². The van der Waals surface area contributed by atoms with Crippen LogP contribution in [0.5, 0.6) is 17.2 Å². The third-order valence-electron chi connectivity index (χ3n) is 8.05. The number of phenols is 1. The average Bonchev–Trinajstić information content (AvgIpc) is 3.21. The molecule has 0 aliphatic rings. The van der Waals surface area contributed by atoms with Crippen LogP contribution in [0.3, 0.4) is 0 Å². The third kappa shape index (κ3) is 26.9. The van der Waals surface area contributed by atoms with Gasteiger partial charge in [-0.2, -0.15) is 0 Å². The molecule has 0 aliphatic heterocycles. The van der Waals surface area contributed by atoms with Crippen molar-refractivity contribution in [2.75, 3.05) is 13.2 Å². The number of halogens is 7. The van der Waals surface area contributed by atoms with Crippen molar-refractivity contribution in [3.05, 3.63) is 127 Å². The Bertz CT molecular complexity index is 2670. The standard InChI is InChI=1S/C18H23ClNO4P.C10H7Cl2O2P.C10H8O.C8H17NO2.Cl3OP.ClH/c1-13(17(21)23-12-18(2,3)4)20-25(19,22)24-16-11-7-9-14-8-5-6-10-15(14)16;11-15(12,13)14-10-7-3-5-8-4-1-2-6-9(8)10;11-10-7-3-5-8-4-1-2-6-9(8)10;1-6(9)7(10)11-5-8(2,3)4;1-5(2,3)4;/h5-11,13H,12H2,1-4H3,(H,20,22);1-7H;1-7,11H;6H,5,9H2,1-4H3;;1H/t13-,25?;;;6-;;/m0..0../s1. The van der Waals surface area contributed by atoms with Gasteiger partial charge in [-0.05, 0) is 92.8 Å². The molecule has 0 bridgehead atoms. The second-order valence-electron chi connectivity index (χ2n) is 16.9. The van der Waals surface area contributed by atoms with Gasteiger partial charge in [0, 0.05) is 49.9 Å². The Morgan fingerprint density at radius 2 is 0.912 bits per heavy atom. The number of carbonyl (C=O) groups is 2. The number of aromatic hydroxyl groups is 1. The third-order valence-corrected chi connectivity index (χ3v) is 10.5. The number of hydrogen-bond donors (Lipinski definition) is 3. The molecule has 0 saturated heterocycles. The highest BCUT2D eigenvalue weighted by Gasteiger charge is 2.29. The van der Waals surface area contributed by atoms with Gasteiger partial charge in [-0.15, -0.1) is 12.4 Å². The van der Waals surface area contributed by atoms with Crippen LogP contribution in [0.2, 0.25) is 0 Å². The zero-order valence-electron chi connectivity index (χ0n) is 38.4. The Morgan fingerprint density at radius 3 is 1.29 bits per heavy atom. The molecular weight excluding hydrogens is 1080 g/mol. The van der Waals surface area contributed by atoms with E-state index < -0.39 is 36.2 Å². The largest absolute Gasteiger partial charge is 0.507 e. The quantitative estimate of drug-likeness (QED) is 0.0874. The van der Waals surface area contributed by atoms with Crippen LogP contribution < -0.4 is 19.9 Å². The van der Waals surface area contributed by atoms with Gasteiger partial charge in [0.2, 0.25) is 0 Å². The molecule has 0 saturated carbocycles. The van der Waals surface area contributed by atoms with Crippen molar-refractivity contribution in [2.24, 2.45) is 16.6 Å². The number of phenolic OH excluding ortho intramolecular Hbond substituents is 1. The fourth-order valence-electron chi connectivity index (χ4n) is 5.14. The first-order chi connectivity index (χ1) is 30.8. The van der Waals surface area contributed by atoms with E-state index in [1.165, 1.54) is 6.92 Å². The van der Waals surface area contributed by atoms with E-state index in [0.717, 1.165) is 32.3 Å². The van der Waals surface area contributed by atoms with E-state index in [9.17, 15) is 28.4 Å². The Balaban J connectivity index is 0.000000461. The van der Waals surface area contributed by atoms with E-state index in [1.807, 2.05) is 139 Å². The second kappa shape index (κ2) is 28.8. The van der Waals surface area contributed by atoms with Crippen molar-refractivity contribution in [1.29, 1.82) is 0 Å². The molecule has 12 nitrogen and oxygen atoms in total. The number of benzene rings is 6. The predicted molar refractivity (Wildman–Crippen MR) is 287 cm³/mol. The summed E-state index contributed by atoms with van der Waals surface area (Å²) in [5.41, 5.74) is 5.16. The molecule has 0 heterocycles. The van der Waals surface area contributed by atoms with Gasteiger partial charge in [-0.25, -0.2) is 14.2 Å². The fourth-order valence-corrected chi connectivity index (χ4v) is 7.67. The van der Waals surface area contributed by atoms with E-state index in [2.05, 4.69) is 38.8 Å². The average molecular weight is 1140 g/mol. The molecule has 0 fully saturated rings. The summed E-state index contributed by atoms with van der Waals surface area (Å²) in [5.74, 6) is 0.306. The van der Waals surface area contributed by atoms with Gasteiger partial charge in [0.15, 0.2) is 0 Å². The smallest absolute Gasteiger partial charge is 0.428 e. The maximum Gasteiger partial charge on any atom is 0.428 e. The molecule has 1 unspecified atom stereocenters. The van der Waals surface area contributed by atoms with Gasteiger partial charge in [0.25, 0.3) is 0 Å². The van der Waals surface area contributed by atoms with E-state index in [0.29, 0.717) is 23.9 Å². The monoisotopic (exact) mass is 1130 g/mol. The minimum absolute atomic E-state index is 0. The van der Waals surface area contributed by atoms with Crippen LogP contribution in [0.15, 0.2) is 127 Å². The highest BCUT2D eigenvalue weighted by molar-refractivity contribution is 8.24. The summed E-state index contributed by atoms with van der Waals surface area (Å²) >= 11 is 30.6. The summed E-state index contributed by atoms with van der Waals surface area (Å²) in [4.78, 5) is 22.9. The Labute approximate surface area is 433 Å². The molecule has 0 spiro atoms. The van der Waals surface area contributed by atoms with Crippen LogP contribution in [0.1, 0.15) is 55.4 Å². The van der Waals surface area contributed by atoms with Crippen LogP contribution >= 0.6 is 98.0 Å². The number of hydrogen-bond acceptors (Lipinski definition) is 11. The number of carbonyl (C=O) groups excluding carboxylic acids is 2. The minimum Gasteiger partial charge on any atom is -0.507 e. The lowest BCUT2D eigenvalue weighted by Gasteiger charge is -2.22. The van der Waals surface area contributed by atoms with E-state index >= 15 is 0 Å². The van der Waals surface area contributed by atoms with Crippen molar-refractivity contribution < 1.29 is 46.9 Å². The molecular formula is C46H56Cl7N2O10P3. The molecule has 4 N–H and O–H groups in total. The van der Waals surface area contributed by atoms with Crippen LogP contribution in [-0.2, 0) is 32.8 Å². The van der Waals surface area contributed by atoms with E-state index in [4.69, 9.17) is 58.0 Å². The van der Waals surface area contributed by atoms with Gasteiger partial charge in [0.05, 0.1) is 13.2 Å². The molecule has 0 aliphatic carbocycles. The van der Waals surface area contributed by atoms with Crippen LogP contribution in [0.4, 0.5) is 0 Å². The summed E-state index contributed by atoms with van der Waals surface area (Å²) in [7, 11) is 0. The van der Waals surface area contributed by atoms with Gasteiger partial charge < -0.3 is 29.4 Å². The van der Waals surface area contributed by atoms with Crippen molar-refractivity contribution >= 4 is 142 Å². The second-order valence-corrected chi connectivity index (χ2v) is 30.5. The number of fused-ring (bicyclic) bond motifs is 3. The molecule has 68 heavy (non-hydrogen) atoms. The summed E-state index contributed by atoms with van der Waals surface area (Å²) in [6.45, 7) is 11.9. The molecule has 3 atom stereocenters. The number of nitrogens with one attached hydrogen (secondary N) is 1. The Kier molecular flexibility index (Phi) is 26.7. The number of ether oxygens (including phenoxy) is 2. The lowest BCUT2D eigenvalue weighted by molar-refractivity contribution is -0.148. The number of esters is 2. The van der Waals surface area contributed by atoms with Gasteiger partial charge in [-0.1, -0.05) is 151 Å². The first kappa shape index (κ1) is 63.1. The molecule has 0 radical (unpaired) electrons. The van der Waals surface area contributed by atoms with Gasteiger partial charge in [-0.3, -0.25) is 14.2 Å². The summed E-state index contributed by atoms with van der Waals surface area (Å²) in [6.07, 6.45) is -3.55. The molecule has 0 amide bonds. The first-order valence-corrected chi connectivity index (χ1v) is 30.6. The number of nitrogens with two attached hydrogens (primary N) is 1. The van der Waals surface area contributed by atoms with Crippen LogP contribution in [0.25, 0.3) is 32.3 Å². The Hall–Kier alpha value is -2.92. The van der Waals surface area contributed by atoms with E-state index in [-0.39, 0.29) is 35.8 Å². The molecule has 6 aromatic rings. The van der Waals surface area contributed by atoms with Crippen molar-refractivity contribution in [1.82, 2.24) is 5.09 Å².